The van der Waals surface area contributed by atoms with Crippen molar-refractivity contribution in [1.29, 1.82) is 0 Å². The minimum atomic E-state index is 1.81. The molecule has 0 aliphatic rings. The topological polar surface area (TPSA) is 0 Å². The summed E-state index contributed by atoms with van der Waals surface area (Å²) in [5.41, 5.74) is 0. The lowest BCUT2D eigenvalue weighted by molar-refractivity contribution is 1.73. The molecule has 0 amide bonds. The van der Waals surface area contributed by atoms with E-state index in [1.54, 1.807) is 0 Å². The molecule has 0 aliphatic carbocycles. The largest absolute Gasteiger partial charge is 0.0877 e. The standard InChI is InChI=1S/C7H9Br/c1-2-3-4-5-6-7-8/h2-7H,1H3/b3-2+,5-4-,7-6-. The lowest BCUT2D eigenvalue weighted by Gasteiger charge is -1.67. The Morgan fingerprint density at radius 2 is 1.62 bits per heavy atom. The van der Waals surface area contributed by atoms with Gasteiger partial charge in [0.1, 0.15) is 0 Å². The van der Waals surface area contributed by atoms with E-state index >= 15 is 0 Å². The molecule has 0 radical (unpaired) electrons. The van der Waals surface area contributed by atoms with Crippen LogP contribution >= 0.6 is 15.9 Å². The second kappa shape index (κ2) is 6.70. The molecule has 0 saturated carbocycles. The molecule has 0 aromatic rings. The van der Waals surface area contributed by atoms with E-state index in [4.69, 9.17) is 0 Å². The highest BCUT2D eigenvalue weighted by Crippen LogP contribution is 1.83. The van der Waals surface area contributed by atoms with Crippen LogP contribution in [-0.4, -0.2) is 0 Å². The van der Waals surface area contributed by atoms with Crippen LogP contribution in [0.15, 0.2) is 35.4 Å². The van der Waals surface area contributed by atoms with Gasteiger partial charge in [0.2, 0.25) is 0 Å². The van der Waals surface area contributed by atoms with Gasteiger partial charge in [0.15, 0.2) is 0 Å². The molecule has 0 aromatic carbocycles. The second-order valence-corrected chi connectivity index (χ2v) is 1.76. The number of hydrogen-bond donors (Lipinski definition) is 0. The summed E-state index contributed by atoms with van der Waals surface area (Å²) in [5.74, 6) is 0. The molecule has 0 atom stereocenters. The highest BCUT2D eigenvalue weighted by atomic mass is 79.9. The predicted octanol–water partition coefficient (Wildman–Crippen LogP) is 3.03. The van der Waals surface area contributed by atoms with Crippen molar-refractivity contribution in [1.82, 2.24) is 0 Å². The van der Waals surface area contributed by atoms with Gasteiger partial charge in [0.25, 0.3) is 0 Å². The Bertz CT molecular complexity index is 95.6. The zero-order valence-electron chi connectivity index (χ0n) is 4.84. The van der Waals surface area contributed by atoms with Crippen LogP contribution in [0.25, 0.3) is 0 Å². The first-order valence-corrected chi connectivity index (χ1v) is 3.38. The smallest absolute Gasteiger partial charge is 0.0189 e. The average molecular weight is 173 g/mol. The van der Waals surface area contributed by atoms with E-state index in [1.165, 1.54) is 0 Å². The zero-order chi connectivity index (χ0) is 6.24. The van der Waals surface area contributed by atoms with Gasteiger partial charge in [0, 0.05) is 0 Å². The summed E-state index contributed by atoms with van der Waals surface area (Å²) >= 11 is 3.15. The van der Waals surface area contributed by atoms with Gasteiger partial charge >= 0.3 is 0 Å². The summed E-state index contributed by atoms with van der Waals surface area (Å²) in [5, 5.41) is 0. The molecule has 0 aromatic heterocycles. The molecule has 0 fully saturated rings. The number of allylic oxidation sites excluding steroid dienone is 5. The van der Waals surface area contributed by atoms with Gasteiger partial charge < -0.3 is 0 Å². The Morgan fingerprint density at radius 3 is 2.12 bits per heavy atom. The van der Waals surface area contributed by atoms with Gasteiger partial charge in [-0.05, 0) is 11.9 Å². The van der Waals surface area contributed by atoms with E-state index in [9.17, 15) is 0 Å². The van der Waals surface area contributed by atoms with Crippen LogP contribution in [0.3, 0.4) is 0 Å². The van der Waals surface area contributed by atoms with E-state index in [1.807, 2.05) is 42.3 Å². The summed E-state index contributed by atoms with van der Waals surface area (Å²) in [6, 6.07) is 0. The van der Waals surface area contributed by atoms with Crippen molar-refractivity contribution in [2.24, 2.45) is 0 Å². The third-order valence-electron chi connectivity index (χ3n) is 0.599. The van der Waals surface area contributed by atoms with Crippen LogP contribution in [0.1, 0.15) is 6.92 Å². The molecule has 0 rings (SSSR count). The molecule has 0 N–H and O–H groups in total. The number of hydrogen-bond acceptors (Lipinski definition) is 0. The normalized spacial score (nSPS) is 12.8. The first-order valence-electron chi connectivity index (χ1n) is 2.46. The molecule has 0 spiro atoms. The van der Waals surface area contributed by atoms with Crippen molar-refractivity contribution >= 4 is 15.9 Å². The van der Waals surface area contributed by atoms with E-state index in [-0.39, 0.29) is 0 Å². The van der Waals surface area contributed by atoms with E-state index in [0.29, 0.717) is 0 Å². The van der Waals surface area contributed by atoms with Crippen LogP contribution in [0.2, 0.25) is 0 Å². The van der Waals surface area contributed by atoms with Gasteiger partial charge in [-0.1, -0.05) is 46.3 Å². The highest BCUT2D eigenvalue weighted by molar-refractivity contribution is 9.11. The molecule has 0 unspecified atom stereocenters. The lowest BCUT2D eigenvalue weighted by atomic mass is 10.4. The van der Waals surface area contributed by atoms with Gasteiger partial charge in [-0.3, -0.25) is 0 Å². The van der Waals surface area contributed by atoms with Gasteiger partial charge in [-0.2, -0.15) is 0 Å². The van der Waals surface area contributed by atoms with E-state index < -0.39 is 0 Å². The van der Waals surface area contributed by atoms with Crippen molar-refractivity contribution in [2.45, 2.75) is 6.92 Å². The van der Waals surface area contributed by atoms with Crippen LogP contribution in [0.5, 0.6) is 0 Å². The Morgan fingerprint density at radius 1 is 1.00 bits per heavy atom. The minimum Gasteiger partial charge on any atom is -0.0877 e. The Balaban J connectivity index is 3.35. The van der Waals surface area contributed by atoms with Gasteiger partial charge in [-0.25, -0.2) is 0 Å². The molecule has 0 nitrogen and oxygen atoms in total. The van der Waals surface area contributed by atoms with Crippen LogP contribution in [-0.2, 0) is 0 Å². The highest BCUT2D eigenvalue weighted by Gasteiger charge is 1.56. The van der Waals surface area contributed by atoms with Crippen LogP contribution < -0.4 is 0 Å². The van der Waals surface area contributed by atoms with Crippen LogP contribution in [0, 0.1) is 0 Å². The Kier molecular flexibility index (Phi) is 6.45. The number of rotatable bonds is 2. The second-order valence-electron chi connectivity index (χ2n) is 1.23. The van der Waals surface area contributed by atoms with Gasteiger partial charge in [-0.15, -0.1) is 0 Å². The number of halogens is 1. The molecule has 44 valence electrons. The fraction of sp³-hybridized carbons (Fsp3) is 0.143. The first-order chi connectivity index (χ1) is 3.91. The predicted molar refractivity (Wildman–Crippen MR) is 42.0 cm³/mol. The average Bonchev–Trinajstić information content (AvgIpc) is 1.81. The summed E-state index contributed by atoms with van der Waals surface area (Å²) in [4.78, 5) is 1.81. The molecule has 0 aliphatic heterocycles. The summed E-state index contributed by atoms with van der Waals surface area (Å²) < 4.78 is 0. The van der Waals surface area contributed by atoms with Crippen LogP contribution in [0.4, 0.5) is 0 Å². The SMILES string of the molecule is C/C=C/C=C\C=C/Br. The molecular formula is C7H9Br. The summed E-state index contributed by atoms with van der Waals surface area (Å²) in [7, 11) is 0. The zero-order valence-corrected chi connectivity index (χ0v) is 6.43. The summed E-state index contributed by atoms with van der Waals surface area (Å²) in [6.07, 6.45) is 9.80. The Labute approximate surface area is 58.7 Å². The Hall–Kier alpha value is -0.300. The maximum absolute atomic E-state index is 3.15. The minimum absolute atomic E-state index is 1.81. The van der Waals surface area contributed by atoms with Crippen molar-refractivity contribution in [3.8, 4) is 0 Å². The van der Waals surface area contributed by atoms with Crippen molar-refractivity contribution in [3.05, 3.63) is 35.4 Å². The lowest BCUT2D eigenvalue weighted by Crippen LogP contribution is -1.44. The van der Waals surface area contributed by atoms with Crippen molar-refractivity contribution in [3.63, 3.8) is 0 Å². The quantitative estimate of drug-likeness (QED) is 0.563. The fourth-order valence-electron chi connectivity index (χ4n) is 0.281. The fourth-order valence-corrected chi connectivity index (χ4v) is 0.458. The third kappa shape index (κ3) is 5.70. The monoisotopic (exact) mass is 172 g/mol. The van der Waals surface area contributed by atoms with Gasteiger partial charge in [0.05, 0.1) is 0 Å². The molecule has 0 bridgehead atoms. The third-order valence-corrected chi connectivity index (χ3v) is 0.904. The molecular weight excluding hydrogens is 164 g/mol. The van der Waals surface area contributed by atoms with Crippen molar-refractivity contribution < 1.29 is 0 Å². The van der Waals surface area contributed by atoms with E-state index in [2.05, 4.69) is 15.9 Å². The molecule has 0 heterocycles. The van der Waals surface area contributed by atoms with Crippen molar-refractivity contribution in [2.75, 3.05) is 0 Å². The molecule has 0 saturated heterocycles. The maximum atomic E-state index is 3.15. The maximum Gasteiger partial charge on any atom is -0.0189 e. The summed E-state index contributed by atoms with van der Waals surface area (Å²) in [6.45, 7) is 1.99. The first kappa shape index (κ1) is 7.70. The van der Waals surface area contributed by atoms with E-state index in [0.717, 1.165) is 0 Å². The molecule has 8 heavy (non-hydrogen) atoms. The molecule has 1 heteroatoms.